The lowest BCUT2D eigenvalue weighted by Crippen LogP contribution is -2.14. The Labute approximate surface area is 195 Å². The highest BCUT2D eigenvalue weighted by atomic mass is 35.5. The first-order valence-electron chi connectivity index (χ1n) is 9.22. The highest BCUT2D eigenvalue weighted by molar-refractivity contribution is 7.89. The van der Waals surface area contributed by atoms with Crippen LogP contribution >= 0.6 is 23.2 Å². The van der Waals surface area contributed by atoms with Gasteiger partial charge in [-0.05, 0) is 68.0 Å². The smallest absolute Gasteiger partial charge is 0.266 e. The van der Waals surface area contributed by atoms with Gasteiger partial charge in [-0.3, -0.25) is 4.79 Å². The molecule has 0 aliphatic heterocycles. The number of sulfonamides is 1. The maximum absolute atomic E-state index is 12.6. The maximum atomic E-state index is 12.6. The van der Waals surface area contributed by atoms with Crippen molar-refractivity contribution in [2.45, 2.75) is 18.7 Å². The van der Waals surface area contributed by atoms with E-state index in [1.807, 2.05) is 36.6 Å². The van der Waals surface area contributed by atoms with Crippen molar-refractivity contribution in [3.63, 3.8) is 0 Å². The molecule has 164 valence electrons. The largest absolute Gasteiger partial charge is 0.321 e. The average molecular weight is 489 g/mol. The van der Waals surface area contributed by atoms with Crippen LogP contribution in [-0.4, -0.2) is 18.9 Å². The summed E-state index contributed by atoms with van der Waals surface area (Å²) in [6.45, 7) is 3.72. The SMILES string of the molecule is Cc1cc(/C=C(\C#N)C(=O)Nc2ccc(S(N)(=O)=O)cc2)c(C)n1-c1cccc(Cl)c1Cl. The Kier molecular flexibility index (Phi) is 6.77. The minimum atomic E-state index is -3.84. The Bertz CT molecular complexity index is 1390. The number of nitrogens with two attached hydrogens (primary N) is 1. The molecule has 32 heavy (non-hydrogen) atoms. The molecule has 0 aliphatic rings. The lowest BCUT2D eigenvalue weighted by Gasteiger charge is -2.12. The van der Waals surface area contributed by atoms with E-state index in [1.54, 1.807) is 12.1 Å². The molecule has 1 heterocycles. The molecule has 3 aromatic rings. The summed E-state index contributed by atoms with van der Waals surface area (Å²) in [4.78, 5) is 12.5. The van der Waals surface area contributed by atoms with Gasteiger partial charge >= 0.3 is 0 Å². The molecule has 7 nitrogen and oxygen atoms in total. The summed E-state index contributed by atoms with van der Waals surface area (Å²) < 4.78 is 24.6. The van der Waals surface area contributed by atoms with Crippen LogP contribution in [0.1, 0.15) is 17.0 Å². The van der Waals surface area contributed by atoms with E-state index in [9.17, 15) is 18.5 Å². The van der Waals surface area contributed by atoms with Crippen LogP contribution in [0.15, 0.2) is 59.0 Å². The van der Waals surface area contributed by atoms with E-state index in [0.29, 0.717) is 27.0 Å². The minimum Gasteiger partial charge on any atom is -0.321 e. The van der Waals surface area contributed by atoms with Crippen molar-refractivity contribution in [1.82, 2.24) is 4.57 Å². The minimum absolute atomic E-state index is 0.0846. The molecule has 10 heteroatoms. The van der Waals surface area contributed by atoms with Gasteiger partial charge in [-0.15, -0.1) is 0 Å². The molecular formula is C22H18Cl2N4O3S. The number of carbonyl (C=O) groups is 1. The number of primary sulfonamides is 1. The summed E-state index contributed by atoms with van der Waals surface area (Å²) in [5, 5.41) is 18.0. The number of hydrogen-bond donors (Lipinski definition) is 2. The fourth-order valence-electron chi connectivity index (χ4n) is 3.20. The summed E-state index contributed by atoms with van der Waals surface area (Å²) in [6, 6.07) is 14.3. The zero-order valence-corrected chi connectivity index (χ0v) is 19.4. The predicted octanol–water partition coefficient (Wildman–Crippen LogP) is 4.59. The third-order valence-corrected chi connectivity index (χ3v) is 6.49. The predicted molar refractivity (Wildman–Crippen MR) is 125 cm³/mol. The molecular weight excluding hydrogens is 471 g/mol. The first-order valence-corrected chi connectivity index (χ1v) is 11.5. The highest BCUT2D eigenvalue weighted by Gasteiger charge is 2.16. The third-order valence-electron chi connectivity index (χ3n) is 4.75. The molecule has 0 spiro atoms. The van der Waals surface area contributed by atoms with E-state index in [0.717, 1.165) is 11.4 Å². The Hall–Kier alpha value is -3.09. The Morgan fingerprint density at radius 1 is 1.16 bits per heavy atom. The molecule has 0 saturated carbocycles. The number of halogens is 2. The van der Waals surface area contributed by atoms with E-state index in [-0.39, 0.29) is 10.5 Å². The molecule has 2 aromatic carbocycles. The van der Waals surface area contributed by atoms with Gasteiger partial charge in [0.2, 0.25) is 10.0 Å². The van der Waals surface area contributed by atoms with E-state index in [2.05, 4.69) is 5.32 Å². The van der Waals surface area contributed by atoms with Crippen molar-refractivity contribution >= 4 is 50.9 Å². The number of benzene rings is 2. The average Bonchev–Trinajstić information content (AvgIpc) is 3.01. The second kappa shape index (κ2) is 9.18. The fourth-order valence-corrected chi connectivity index (χ4v) is 4.10. The van der Waals surface area contributed by atoms with Crippen molar-refractivity contribution < 1.29 is 13.2 Å². The summed E-state index contributed by atoms with van der Waals surface area (Å²) >= 11 is 12.5. The van der Waals surface area contributed by atoms with E-state index in [1.165, 1.54) is 30.3 Å². The number of rotatable bonds is 5. The van der Waals surface area contributed by atoms with Crippen LogP contribution in [0.3, 0.4) is 0 Å². The van der Waals surface area contributed by atoms with Gasteiger partial charge in [0.25, 0.3) is 5.91 Å². The molecule has 0 unspecified atom stereocenters. The van der Waals surface area contributed by atoms with Gasteiger partial charge in [0.1, 0.15) is 11.6 Å². The van der Waals surface area contributed by atoms with Crippen LogP contribution in [-0.2, 0) is 14.8 Å². The molecule has 0 bridgehead atoms. The second-order valence-corrected chi connectivity index (χ2v) is 9.27. The molecule has 1 aromatic heterocycles. The molecule has 3 rings (SSSR count). The molecule has 0 radical (unpaired) electrons. The van der Waals surface area contributed by atoms with E-state index < -0.39 is 15.9 Å². The molecule has 1 amide bonds. The first-order chi connectivity index (χ1) is 15.0. The molecule has 0 fully saturated rings. The first kappa shape index (κ1) is 23.6. The number of hydrogen-bond acceptors (Lipinski definition) is 4. The van der Waals surface area contributed by atoms with Crippen LogP contribution in [0.2, 0.25) is 10.0 Å². The van der Waals surface area contributed by atoms with Gasteiger partial charge in [0, 0.05) is 17.1 Å². The highest BCUT2D eigenvalue weighted by Crippen LogP contribution is 2.32. The lowest BCUT2D eigenvalue weighted by atomic mass is 10.1. The second-order valence-electron chi connectivity index (χ2n) is 6.93. The van der Waals surface area contributed by atoms with Gasteiger partial charge in [0.05, 0.1) is 20.6 Å². The van der Waals surface area contributed by atoms with Crippen LogP contribution in [0.5, 0.6) is 0 Å². The summed E-state index contributed by atoms with van der Waals surface area (Å²) in [5.41, 5.74) is 3.15. The van der Waals surface area contributed by atoms with Crippen LogP contribution < -0.4 is 10.5 Å². The number of nitrogens with one attached hydrogen (secondary N) is 1. The zero-order chi connectivity index (χ0) is 23.6. The number of aryl methyl sites for hydroxylation is 1. The van der Waals surface area contributed by atoms with Crippen molar-refractivity contribution in [2.24, 2.45) is 5.14 Å². The Balaban J connectivity index is 1.92. The quantitative estimate of drug-likeness (QED) is 0.402. The van der Waals surface area contributed by atoms with E-state index >= 15 is 0 Å². The van der Waals surface area contributed by atoms with Gasteiger partial charge in [-0.1, -0.05) is 29.3 Å². The van der Waals surface area contributed by atoms with Gasteiger partial charge in [-0.25, -0.2) is 13.6 Å². The Morgan fingerprint density at radius 2 is 1.81 bits per heavy atom. The number of aromatic nitrogens is 1. The molecule has 3 N–H and O–H groups in total. The normalized spacial score (nSPS) is 11.8. The fraction of sp³-hybridized carbons (Fsp3) is 0.0909. The van der Waals surface area contributed by atoms with Crippen molar-refractivity contribution in [2.75, 3.05) is 5.32 Å². The maximum Gasteiger partial charge on any atom is 0.266 e. The Morgan fingerprint density at radius 3 is 2.41 bits per heavy atom. The van der Waals surface area contributed by atoms with Crippen molar-refractivity contribution in [3.05, 3.63) is 81.1 Å². The van der Waals surface area contributed by atoms with E-state index in [4.69, 9.17) is 28.3 Å². The van der Waals surface area contributed by atoms with Crippen molar-refractivity contribution in [3.8, 4) is 11.8 Å². The topological polar surface area (TPSA) is 118 Å². The third kappa shape index (κ3) is 4.87. The van der Waals surface area contributed by atoms with Crippen LogP contribution in [0.4, 0.5) is 5.69 Å². The van der Waals surface area contributed by atoms with Crippen LogP contribution in [0.25, 0.3) is 11.8 Å². The number of carbonyl (C=O) groups excluding carboxylic acids is 1. The molecule has 0 saturated heterocycles. The summed E-state index contributed by atoms with van der Waals surface area (Å²) in [7, 11) is -3.84. The summed E-state index contributed by atoms with van der Waals surface area (Å²) in [5.74, 6) is -0.638. The number of nitriles is 1. The van der Waals surface area contributed by atoms with Gasteiger partial charge in [-0.2, -0.15) is 5.26 Å². The zero-order valence-electron chi connectivity index (χ0n) is 17.1. The van der Waals surface area contributed by atoms with Crippen LogP contribution in [0, 0.1) is 25.2 Å². The summed E-state index contributed by atoms with van der Waals surface area (Å²) in [6.07, 6.45) is 1.48. The monoisotopic (exact) mass is 488 g/mol. The number of nitrogens with zero attached hydrogens (tertiary/aromatic N) is 2. The van der Waals surface area contributed by atoms with Gasteiger partial charge < -0.3 is 9.88 Å². The molecule has 0 atom stereocenters. The number of amides is 1. The molecule has 0 aliphatic carbocycles. The van der Waals surface area contributed by atoms with Gasteiger partial charge in [0.15, 0.2) is 0 Å². The standard InChI is InChI=1S/C22H18Cl2N4O3S/c1-13-10-15(14(2)28(13)20-5-3-4-19(23)21(20)24)11-16(12-25)22(29)27-17-6-8-18(9-7-17)32(26,30)31/h3-11H,1-2H3,(H,27,29)(H2,26,30,31)/b16-11+. The van der Waals surface area contributed by atoms with Crippen molar-refractivity contribution in [1.29, 1.82) is 5.26 Å². The number of anilines is 1. The lowest BCUT2D eigenvalue weighted by molar-refractivity contribution is -0.112.